The first kappa shape index (κ1) is 23.4. The molecule has 0 aliphatic rings. The maximum atomic E-state index is 12.9. The molecule has 1 aromatic heterocycles. The summed E-state index contributed by atoms with van der Waals surface area (Å²) in [6.45, 7) is 7.50. The van der Waals surface area contributed by atoms with E-state index in [-0.39, 0.29) is 28.8 Å². The number of rotatable bonds is 8. The fourth-order valence-corrected chi connectivity index (χ4v) is 3.37. The van der Waals surface area contributed by atoms with Crippen LogP contribution in [0.1, 0.15) is 38.6 Å². The second-order valence-corrected chi connectivity index (χ2v) is 7.99. The molecule has 0 saturated carbocycles. The Kier molecular flexibility index (Phi) is 7.24. The van der Waals surface area contributed by atoms with E-state index in [1.54, 1.807) is 38.1 Å². The van der Waals surface area contributed by atoms with Crippen LogP contribution in [0, 0.1) is 17.0 Å². The summed E-state index contributed by atoms with van der Waals surface area (Å²) in [7, 11) is 0. The van der Waals surface area contributed by atoms with Gasteiger partial charge in [-0.1, -0.05) is 22.9 Å². The Labute approximate surface area is 193 Å². The van der Waals surface area contributed by atoms with Crippen LogP contribution in [-0.4, -0.2) is 33.5 Å². The van der Waals surface area contributed by atoms with Gasteiger partial charge in [-0.2, -0.15) is 9.78 Å². The van der Waals surface area contributed by atoms with Gasteiger partial charge < -0.3 is 9.47 Å². The Morgan fingerprint density at radius 2 is 2.06 bits per heavy atom. The molecule has 0 aliphatic heterocycles. The molecule has 0 bridgehead atoms. The fraction of sp³-hybridized carbons (Fsp3) is 0.318. The van der Waals surface area contributed by atoms with Crippen LogP contribution in [0.15, 0.2) is 44.7 Å². The van der Waals surface area contributed by atoms with Crippen molar-refractivity contribution < 1.29 is 14.4 Å². The molecule has 0 saturated heterocycles. The van der Waals surface area contributed by atoms with Crippen molar-refractivity contribution in [2.45, 2.75) is 40.2 Å². The van der Waals surface area contributed by atoms with Crippen molar-refractivity contribution in [2.75, 3.05) is 6.61 Å². The number of benzene rings is 2. The Morgan fingerprint density at radius 3 is 2.72 bits per heavy atom. The lowest BCUT2D eigenvalue weighted by molar-refractivity contribution is -0.386. The molecule has 10 heteroatoms. The van der Waals surface area contributed by atoms with Gasteiger partial charge in [0.25, 0.3) is 5.56 Å². The predicted octanol–water partition coefficient (Wildman–Crippen LogP) is 4.83. The van der Waals surface area contributed by atoms with E-state index in [2.05, 4.69) is 26.0 Å². The van der Waals surface area contributed by atoms with Crippen molar-refractivity contribution in [2.24, 2.45) is 5.10 Å². The number of aryl methyl sites for hydroxylation is 1. The molecule has 1 heterocycles. The third-order valence-electron chi connectivity index (χ3n) is 4.74. The van der Waals surface area contributed by atoms with Gasteiger partial charge in [-0.05, 0) is 51.5 Å². The fourth-order valence-electron chi connectivity index (χ4n) is 3.00. The average Bonchev–Trinajstić information content (AvgIpc) is 2.75. The van der Waals surface area contributed by atoms with Gasteiger partial charge in [-0.25, -0.2) is 4.98 Å². The number of nitrogens with zero attached hydrogens (tertiary/aromatic N) is 4. The van der Waals surface area contributed by atoms with Gasteiger partial charge in [0.05, 0.1) is 34.8 Å². The molecule has 0 unspecified atom stereocenters. The van der Waals surface area contributed by atoms with Crippen molar-refractivity contribution in [1.82, 2.24) is 9.66 Å². The Bertz CT molecular complexity index is 1260. The molecule has 0 radical (unpaired) electrons. The van der Waals surface area contributed by atoms with Crippen LogP contribution in [0.3, 0.4) is 0 Å². The highest BCUT2D eigenvalue weighted by Gasteiger charge is 2.24. The summed E-state index contributed by atoms with van der Waals surface area (Å²) in [6.07, 6.45) is 1.82. The van der Waals surface area contributed by atoms with Crippen molar-refractivity contribution in [3.05, 3.63) is 66.7 Å². The normalized spacial score (nSPS) is 12.3. The molecule has 168 valence electrons. The first-order valence-corrected chi connectivity index (χ1v) is 10.9. The molecule has 9 nitrogen and oxygen atoms in total. The number of nitro benzene ring substituents is 1. The SMILES string of the molecule is CCOc1cc(C=Nn2c(C)nc3ccc(Br)cc3c2=O)cc([N+](=O)[O-])c1O[C@@H](C)CC. The second kappa shape index (κ2) is 9.90. The summed E-state index contributed by atoms with van der Waals surface area (Å²) < 4.78 is 13.3. The lowest BCUT2D eigenvalue weighted by Crippen LogP contribution is -2.20. The molecule has 3 rings (SSSR count). The molecule has 0 fully saturated rings. The minimum Gasteiger partial charge on any atom is -0.490 e. The molecular formula is C22H23BrN4O5. The van der Waals surface area contributed by atoms with Crippen LogP contribution in [0.4, 0.5) is 5.69 Å². The highest BCUT2D eigenvalue weighted by molar-refractivity contribution is 9.10. The van der Waals surface area contributed by atoms with Crippen molar-refractivity contribution in [3.63, 3.8) is 0 Å². The number of fused-ring (bicyclic) bond motifs is 1. The zero-order chi connectivity index (χ0) is 23.4. The zero-order valence-corrected chi connectivity index (χ0v) is 19.7. The van der Waals surface area contributed by atoms with E-state index in [0.29, 0.717) is 35.3 Å². The van der Waals surface area contributed by atoms with E-state index in [0.717, 1.165) is 9.15 Å². The minimum absolute atomic E-state index is 0.0777. The highest BCUT2D eigenvalue weighted by Crippen LogP contribution is 2.39. The molecule has 0 N–H and O–H groups in total. The van der Waals surface area contributed by atoms with Crippen LogP contribution in [0.5, 0.6) is 11.5 Å². The quantitative estimate of drug-likeness (QED) is 0.247. The van der Waals surface area contributed by atoms with Crippen molar-refractivity contribution in [3.8, 4) is 11.5 Å². The molecule has 3 aromatic rings. The molecule has 1 atom stereocenters. The van der Waals surface area contributed by atoms with E-state index >= 15 is 0 Å². The average molecular weight is 503 g/mol. The van der Waals surface area contributed by atoms with Crippen LogP contribution in [0.2, 0.25) is 0 Å². The van der Waals surface area contributed by atoms with Gasteiger partial charge in [0.1, 0.15) is 5.82 Å². The van der Waals surface area contributed by atoms with Gasteiger partial charge >= 0.3 is 5.69 Å². The van der Waals surface area contributed by atoms with E-state index < -0.39 is 4.92 Å². The van der Waals surface area contributed by atoms with E-state index in [4.69, 9.17) is 9.47 Å². The van der Waals surface area contributed by atoms with E-state index in [9.17, 15) is 14.9 Å². The summed E-state index contributed by atoms with van der Waals surface area (Å²) in [6, 6.07) is 8.17. The molecule has 0 aliphatic carbocycles. The molecule has 2 aromatic carbocycles. The van der Waals surface area contributed by atoms with E-state index in [1.807, 2.05) is 13.8 Å². The molecule has 0 spiro atoms. The summed E-state index contributed by atoms with van der Waals surface area (Å²) in [4.78, 5) is 28.5. The first-order valence-electron chi connectivity index (χ1n) is 10.1. The largest absolute Gasteiger partial charge is 0.490 e. The van der Waals surface area contributed by atoms with Crippen LogP contribution < -0.4 is 15.0 Å². The third kappa shape index (κ3) is 4.96. The third-order valence-corrected chi connectivity index (χ3v) is 5.23. The van der Waals surface area contributed by atoms with Crippen LogP contribution in [-0.2, 0) is 0 Å². The maximum Gasteiger partial charge on any atom is 0.315 e. The number of nitro groups is 1. The van der Waals surface area contributed by atoms with Gasteiger partial charge in [0.2, 0.25) is 5.75 Å². The van der Waals surface area contributed by atoms with Crippen molar-refractivity contribution in [1.29, 1.82) is 0 Å². The monoisotopic (exact) mass is 502 g/mol. The number of halogens is 1. The Balaban J connectivity index is 2.11. The zero-order valence-electron chi connectivity index (χ0n) is 18.2. The maximum absolute atomic E-state index is 12.9. The summed E-state index contributed by atoms with van der Waals surface area (Å²) in [5, 5.41) is 16.4. The second-order valence-electron chi connectivity index (χ2n) is 7.08. The number of hydrogen-bond acceptors (Lipinski definition) is 7. The molecular weight excluding hydrogens is 480 g/mol. The predicted molar refractivity (Wildman–Crippen MR) is 126 cm³/mol. The summed E-state index contributed by atoms with van der Waals surface area (Å²) in [5.41, 5.74) is 0.365. The Hall–Kier alpha value is -3.27. The first-order chi connectivity index (χ1) is 15.2. The highest BCUT2D eigenvalue weighted by atomic mass is 79.9. The summed E-state index contributed by atoms with van der Waals surface area (Å²) >= 11 is 3.35. The standard InChI is InChI=1S/C22H23BrN4O5/c1-5-13(3)32-21-19(27(29)30)9-15(10-20(21)31-6-2)12-24-26-14(4)25-18-8-7-16(23)11-17(18)22(26)28/h7-13H,5-6H2,1-4H3/t13-/m0/s1. The minimum atomic E-state index is -0.524. The van der Waals surface area contributed by atoms with Gasteiger partial charge in [-0.15, -0.1) is 0 Å². The number of aromatic nitrogens is 2. The smallest absolute Gasteiger partial charge is 0.315 e. The molecule has 0 amide bonds. The lowest BCUT2D eigenvalue weighted by atomic mass is 10.1. The number of hydrogen-bond donors (Lipinski definition) is 0. The van der Waals surface area contributed by atoms with Crippen LogP contribution >= 0.6 is 15.9 Å². The lowest BCUT2D eigenvalue weighted by Gasteiger charge is -2.16. The van der Waals surface area contributed by atoms with Gasteiger partial charge in [0, 0.05) is 16.1 Å². The van der Waals surface area contributed by atoms with Gasteiger partial charge in [0.15, 0.2) is 5.75 Å². The van der Waals surface area contributed by atoms with Crippen LogP contribution in [0.25, 0.3) is 10.9 Å². The number of ether oxygens (including phenoxy) is 2. The Morgan fingerprint density at radius 1 is 1.31 bits per heavy atom. The van der Waals surface area contributed by atoms with Gasteiger partial charge in [-0.3, -0.25) is 14.9 Å². The van der Waals surface area contributed by atoms with Crippen molar-refractivity contribution >= 4 is 38.7 Å². The van der Waals surface area contributed by atoms with E-state index in [1.165, 1.54) is 12.3 Å². The molecule has 32 heavy (non-hydrogen) atoms. The summed E-state index contributed by atoms with van der Waals surface area (Å²) in [5.74, 6) is 0.708. The topological polar surface area (TPSA) is 109 Å².